The van der Waals surface area contributed by atoms with Gasteiger partial charge in [-0.2, -0.15) is 4.31 Å². The number of sulfonamides is 1. The van der Waals surface area contributed by atoms with Gasteiger partial charge in [-0.25, -0.2) is 8.42 Å². The van der Waals surface area contributed by atoms with E-state index in [9.17, 15) is 13.2 Å². The third kappa shape index (κ3) is 3.96. The maximum absolute atomic E-state index is 13.9. The summed E-state index contributed by atoms with van der Waals surface area (Å²) >= 11 is 0. The second kappa shape index (κ2) is 8.70. The Morgan fingerprint density at radius 3 is 2.40 bits per heavy atom. The van der Waals surface area contributed by atoms with Crippen LogP contribution in [0.3, 0.4) is 0 Å². The Morgan fingerprint density at radius 2 is 1.57 bits per heavy atom. The molecule has 0 atom stereocenters. The molecule has 0 saturated carbocycles. The van der Waals surface area contributed by atoms with Crippen LogP contribution >= 0.6 is 0 Å². The summed E-state index contributed by atoms with van der Waals surface area (Å²) in [5.74, 6) is 0.510. The summed E-state index contributed by atoms with van der Waals surface area (Å²) in [6.45, 7) is 2.27. The van der Waals surface area contributed by atoms with Crippen LogP contribution in [0.25, 0.3) is 0 Å². The first-order valence-electron chi connectivity index (χ1n) is 12.1. The van der Waals surface area contributed by atoms with Gasteiger partial charge in [0.25, 0.3) is 5.91 Å². The fraction of sp³-hybridized carbons (Fsp3) is 0.296. The van der Waals surface area contributed by atoms with Crippen molar-refractivity contribution in [3.8, 4) is 11.5 Å². The van der Waals surface area contributed by atoms with Gasteiger partial charge < -0.3 is 15.0 Å². The van der Waals surface area contributed by atoms with E-state index < -0.39 is 10.0 Å². The molecular formula is C27H27N3O4S. The number of para-hydroxylation sites is 2. The third-order valence-corrected chi connectivity index (χ3v) is 8.99. The largest absolute Gasteiger partial charge is 0.454 e. The van der Waals surface area contributed by atoms with Crippen molar-refractivity contribution >= 4 is 27.3 Å². The third-order valence-electron chi connectivity index (χ3n) is 7.07. The topological polar surface area (TPSA) is 79.0 Å². The van der Waals surface area contributed by atoms with Gasteiger partial charge in [-0.3, -0.25) is 4.79 Å². The number of rotatable bonds is 3. The van der Waals surface area contributed by atoms with E-state index in [1.54, 1.807) is 22.5 Å². The van der Waals surface area contributed by atoms with Gasteiger partial charge in [-0.1, -0.05) is 42.8 Å². The predicted octanol–water partition coefficient (Wildman–Crippen LogP) is 4.78. The molecule has 8 heteroatoms. The SMILES string of the molecule is O=C1Nc2ccccc2Oc2cc(N3CCc4ccccc4C3)c(S(=O)(=O)N3CCCCC3)cc21. The van der Waals surface area contributed by atoms with Gasteiger partial charge in [-0.05, 0) is 48.6 Å². The average molecular weight is 490 g/mol. The van der Waals surface area contributed by atoms with Gasteiger partial charge in [0.1, 0.15) is 10.6 Å². The molecule has 1 fully saturated rings. The monoisotopic (exact) mass is 489 g/mol. The molecule has 0 unspecified atom stereocenters. The molecule has 3 aliphatic rings. The van der Waals surface area contributed by atoms with E-state index >= 15 is 0 Å². The molecule has 0 aromatic heterocycles. The van der Waals surface area contributed by atoms with Gasteiger partial charge >= 0.3 is 0 Å². The summed E-state index contributed by atoms with van der Waals surface area (Å²) in [7, 11) is -3.80. The van der Waals surface area contributed by atoms with Crippen LogP contribution in [0.5, 0.6) is 11.5 Å². The summed E-state index contributed by atoms with van der Waals surface area (Å²) in [4.78, 5) is 15.4. The predicted molar refractivity (Wildman–Crippen MR) is 135 cm³/mol. The summed E-state index contributed by atoms with van der Waals surface area (Å²) in [5, 5.41) is 2.86. The van der Waals surface area contributed by atoms with E-state index in [-0.39, 0.29) is 16.4 Å². The zero-order valence-electron chi connectivity index (χ0n) is 19.4. The highest BCUT2D eigenvalue weighted by atomic mass is 32.2. The minimum atomic E-state index is -3.80. The quantitative estimate of drug-likeness (QED) is 0.573. The number of carbonyl (C=O) groups is 1. The molecule has 35 heavy (non-hydrogen) atoms. The normalized spacial score (nSPS) is 17.9. The first kappa shape index (κ1) is 22.1. The van der Waals surface area contributed by atoms with Gasteiger partial charge in [0.2, 0.25) is 10.0 Å². The molecule has 0 radical (unpaired) electrons. The number of carbonyl (C=O) groups excluding carboxylic acids is 1. The summed E-state index contributed by atoms with van der Waals surface area (Å²) in [6, 6.07) is 18.7. The average Bonchev–Trinajstić information content (AvgIpc) is 3.03. The highest BCUT2D eigenvalue weighted by molar-refractivity contribution is 7.89. The van der Waals surface area contributed by atoms with Crippen molar-refractivity contribution in [2.45, 2.75) is 37.1 Å². The lowest BCUT2D eigenvalue weighted by Crippen LogP contribution is -2.38. The highest BCUT2D eigenvalue weighted by Gasteiger charge is 2.34. The first-order valence-corrected chi connectivity index (χ1v) is 13.5. The number of piperidine rings is 1. The second-order valence-electron chi connectivity index (χ2n) is 9.27. The fourth-order valence-corrected chi connectivity index (χ4v) is 6.91. The van der Waals surface area contributed by atoms with Crippen molar-refractivity contribution in [1.82, 2.24) is 4.31 Å². The van der Waals surface area contributed by atoms with Gasteiger partial charge in [-0.15, -0.1) is 0 Å². The number of nitrogens with zero attached hydrogens (tertiary/aromatic N) is 2. The molecule has 0 aliphatic carbocycles. The van der Waals surface area contributed by atoms with E-state index in [4.69, 9.17) is 4.74 Å². The molecule has 7 nitrogen and oxygen atoms in total. The maximum atomic E-state index is 13.9. The van der Waals surface area contributed by atoms with Gasteiger partial charge in [0.05, 0.1) is 16.9 Å². The zero-order chi connectivity index (χ0) is 24.0. The number of benzene rings is 3. The first-order chi connectivity index (χ1) is 17.0. The molecule has 1 saturated heterocycles. The van der Waals surface area contributed by atoms with E-state index in [1.807, 2.05) is 24.3 Å². The standard InChI is InChI=1S/C27H27N3O4S/c31-27-21-16-26(35(32,33)30-13-6-1-7-14-30)23(29-15-12-19-8-2-3-9-20(19)18-29)17-25(21)34-24-11-5-4-10-22(24)28-27/h2-5,8-11,16-17H,1,6-7,12-15,18H2,(H,28,31). The molecular weight excluding hydrogens is 462 g/mol. The Labute approximate surface area is 205 Å². The zero-order valence-corrected chi connectivity index (χ0v) is 20.2. The van der Waals surface area contributed by atoms with Crippen LogP contribution in [0.15, 0.2) is 65.6 Å². The van der Waals surface area contributed by atoms with E-state index in [2.05, 4.69) is 22.3 Å². The van der Waals surface area contributed by atoms with Crippen molar-refractivity contribution in [2.24, 2.45) is 0 Å². The van der Waals surface area contributed by atoms with Crippen molar-refractivity contribution in [2.75, 3.05) is 29.9 Å². The van der Waals surface area contributed by atoms with Crippen molar-refractivity contribution < 1.29 is 17.9 Å². The Hall–Kier alpha value is -3.36. The maximum Gasteiger partial charge on any atom is 0.259 e. The van der Waals surface area contributed by atoms with Crippen LogP contribution in [-0.2, 0) is 23.0 Å². The molecule has 0 bridgehead atoms. The van der Waals surface area contributed by atoms with Crippen molar-refractivity contribution in [3.05, 3.63) is 77.4 Å². The van der Waals surface area contributed by atoms with Crippen LogP contribution in [0.1, 0.15) is 40.7 Å². The molecule has 6 rings (SSSR count). The van der Waals surface area contributed by atoms with Crippen LogP contribution in [0.2, 0.25) is 0 Å². The lowest BCUT2D eigenvalue weighted by atomic mass is 9.99. The number of fused-ring (bicyclic) bond motifs is 3. The lowest BCUT2D eigenvalue weighted by Gasteiger charge is -2.34. The Morgan fingerprint density at radius 1 is 0.829 bits per heavy atom. The fourth-order valence-electron chi connectivity index (χ4n) is 5.18. The number of hydrogen-bond acceptors (Lipinski definition) is 5. The summed E-state index contributed by atoms with van der Waals surface area (Å²) < 4.78 is 35.6. The molecule has 1 amide bonds. The molecule has 0 spiro atoms. The number of ether oxygens (including phenoxy) is 1. The van der Waals surface area contributed by atoms with E-state index in [0.717, 1.165) is 25.7 Å². The lowest BCUT2D eigenvalue weighted by molar-refractivity contribution is 0.102. The number of amides is 1. The van der Waals surface area contributed by atoms with Crippen molar-refractivity contribution in [1.29, 1.82) is 0 Å². The second-order valence-corrected chi connectivity index (χ2v) is 11.2. The minimum absolute atomic E-state index is 0.169. The highest BCUT2D eigenvalue weighted by Crippen LogP contribution is 2.42. The number of nitrogens with one attached hydrogen (secondary N) is 1. The Kier molecular flexibility index (Phi) is 5.50. The molecule has 1 N–H and O–H groups in total. The Bertz CT molecular complexity index is 1410. The summed E-state index contributed by atoms with van der Waals surface area (Å²) in [6.07, 6.45) is 3.53. The van der Waals surface area contributed by atoms with E-state index in [0.29, 0.717) is 49.1 Å². The molecule has 3 aromatic rings. The number of hydrogen-bond donors (Lipinski definition) is 1. The smallest absolute Gasteiger partial charge is 0.259 e. The Balaban J connectivity index is 1.50. The summed E-state index contributed by atoms with van der Waals surface area (Å²) in [5.41, 5.74) is 3.82. The van der Waals surface area contributed by atoms with Gasteiger partial charge in [0.15, 0.2) is 5.75 Å². The molecule has 3 aromatic carbocycles. The van der Waals surface area contributed by atoms with Crippen LogP contribution in [0.4, 0.5) is 11.4 Å². The van der Waals surface area contributed by atoms with Crippen LogP contribution in [-0.4, -0.2) is 38.3 Å². The van der Waals surface area contributed by atoms with Gasteiger partial charge in [0, 0.05) is 32.2 Å². The van der Waals surface area contributed by atoms with Crippen LogP contribution in [0, 0.1) is 0 Å². The minimum Gasteiger partial charge on any atom is -0.454 e. The number of anilines is 2. The molecule has 3 heterocycles. The van der Waals surface area contributed by atoms with Crippen LogP contribution < -0.4 is 15.0 Å². The molecule has 3 aliphatic heterocycles. The molecule has 180 valence electrons. The van der Waals surface area contributed by atoms with Crippen molar-refractivity contribution in [3.63, 3.8) is 0 Å². The van der Waals surface area contributed by atoms with E-state index in [1.165, 1.54) is 17.2 Å².